The summed E-state index contributed by atoms with van der Waals surface area (Å²) in [5.41, 5.74) is 5.60. The highest BCUT2D eigenvalue weighted by atomic mass is 16.5. The van der Waals surface area contributed by atoms with E-state index in [1.165, 1.54) is 6.20 Å². The van der Waals surface area contributed by atoms with Crippen molar-refractivity contribution in [3.8, 4) is 0 Å². The lowest BCUT2D eigenvalue weighted by molar-refractivity contribution is 0.0124. The van der Waals surface area contributed by atoms with E-state index in [4.69, 9.17) is 10.5 Å². The van der Waals surface area contributed by atoms with Crippen LogP contribution in [0.15, 0.2) is 18.3 Å². The summed E-state index contributed by atoms with van der Waals surface area (Å²) in [7, 11) is 0. The summed E-state index contributed by atoms with van der Waals surface area (Å²) in [6.07, 6.45) is 2.69. The van der Waals surface area contributed by atoms with Gasteiger partial charge in [-0.25, -0.2) is 4.98 Å². The Kier molecular flexibility index (Phi) is 3.78. The number of aliphatic hydroxyl groups is 1. The number of anilines is 1. The summed E-state index contributed by atoms with van der Waals surface area (Å²) in [4.78, 5) is 16.1. The number of carbonyl (C=O) groups is 1. The average Bonchev–Trinajstić information content (AvgIpc) is 2.40. The predicted molar refractivity (Wildman–Crippen MR) is 66.0 cm³/mol. The van der Waals surface area contributed by atoms with E-state index < -0.39 is 5.54 Å². The Morgan fingerprint density at radius 2 is 2.28 bits per heavy atom. The molecular formula is C12H17N3O3. The lowest BCUT2D eigenvalue weighted by Gasteiger charge is -2.36. The van der Waals surface area contributed by atoms with Crippen molar-refractivity contribution in [1.29, 1.82) is 0 Å². The van der Waals surface area contributed by atoms with Crippen LogP contribution in [0.3, 0.4) is 0 Å². The Hall–Kier alpha value is -1.66. The Labute approximate surface area is 105 Å². The maximum absolute atomic E-state index is 12.1. The second-order valence-corrected chi connectivity index (χ2v) is 4.45. The number of aliphatic hydroxyl groups excluding tert-OH is 1. The van der Waals surface area contributed by atoms with Gasteiger partial charge in [-0.2, -0.15) is 0 Å². The van der Waals surface area contributed by atoms with E-state index >= 15 is 0 Å². The summed E-state index contributed by atoms with van der Waals surface area (Å²) in [6.45, 7) is 0.936. The molecule has 0 spiro atoms. The summed E-state index contributed by atoms with van der Waals surface area (Å²) in [6, 6.07) is 3.29. The van der Waals surface area contributed by atoms with Crippen molar-refractivity contribution in [3.05, 3.63) is 24.0 Å². The van der Waals surface area contributed by atoms with Gasteiger partial charge in [0.15, 0.2) is 5.69 Å². The first-order chi connectivity index (χ1) is 8.67. The number of nitrogen functional groups attached to an aromatic ring is 1. The lowest BCUT2D eigenvalue weighted by atomic mass is 9.91. The minimum atomic E-state index is -0.626. The topological polar surface area (TPSA) is 97.5 Å². The Morgan fingerprint density at radius 1 is 1.56 bits per heavy atom. The molecule has 6 nitrogen and oxygen atoms in total. The number of nitrogens with one attached hydrogen (secondary N) is 1. The molecule has 0 atom stereocenters. The third-order valence-corrected chi connectivity index (χ3v) is 3.19. The molecule has 0 aliphatic carbocycles. The highest BCUT2D eigenvalue weighted by Crippen LogP contribution is 2.21. The fourth-order valence-corrected chi connectivity index (χ4v) is 1.99. The normalized spacial score (nSPS) is 18.3. The van der Waals surface area contributed by atoms with Crippen LogP contribution in [0.2, 0.25) is 0 Å². The van der Waals surface area contributed by atoms with E-state index in [1.54, 1.807) is 12.1 Å². The van der Waals surface area contributed by atoms with Gasteiger partial charge < -0.3 is 20.9 Å². The SMILES string of the molecule is Nc1cccnc1C(=O)NC1(CO)CCOCC1. The van der Waals surface area contributed by atoms with Crippen LogP contribution in [0.5, 0.6) is 0 Å². The van der Waals surface area contributed by atoms with Crippen LogP contribution >= 0.6 is 0 Å². The molecule has 1 saturated heterocycles. The molecule has 0 unspecified atom stereocenters. The fourth-order valence-electron chi connectivity index (χ4n) is 1.99. The van der Waals surface area contributed by atoms with Crippen LogP contribution in [-0.2, 0) is 4.74 Å². The lowest BCUT2D eigenvalue weighted by Crippen LogP contribution is -2.54. The number of aromatic nitrogens is 1. The monoisotopic (exact) mass is 251 g/mol. The van der Waals surface area contributed by atoms with Crippen LogP contribution in [0, 0.1) is 0 Å². The van der Waals surface area contributed by atoms with Crippen molar-refractivity contribution >= 4 is 11.6 Å². The molecule has 1 fully saturated rings. The van der Waals surface area contributed by atoms with Crippen molar-refractivity contribution in [2.45, 2.75) is 18.4 Å². The first-order valence-electron chi connectivity index (χ1n) is 5.88. The summed E-state index contributed by atoms with van der Waals surface area (Å²) in [5, 5.41) is 12.3. The predicted octanol–water partition coefficient (Wildman–Crippen LogP) is -0.0649. The van der Waals surface area contributed by atoms with Gasteiger partial charge in [-0.1, -0.05) is 0 Å². The Bertz CT molecular complexity index is 430. The number of pyridine rings is 1. The Balaban J connectivity index is 2.13. The van der Waals surface area contributed by atoms with Crippen LogP contribution < -0.4 is 11.1 Å². The van der Waals surface area contributed by atoms with Gasteiger partial charge in [0.25, 0.3) is 5.91 Å². The number of amides is 1. The molecule has 0 radical (unpaired) electrons. The van der Waals surface area contributed by atoms with Gasteiger partial charge >= 0.3 is 0 Å². The third kappa shape index (κ3) is 2.60. The van der Waals surface area contributed by atoms with Crippen molar-refractivity contribution < 1.29 is 14.6 Å². The largest absolute Gasteiger partial charge is 0.397 e. The number of nitrogens with two attached hydrogens (primary N) is 1. The quantitative estimate of drug-likeness (QED) is 0.699. The zero-order valence-electron chi connectivity index (χ0n) is 10.1. The second-order valence-electron chi connectivity index (χ2n) is 4.45. The van der Waals surface area contributed by atoms with Gasteiger partial charge in [0.1, 0.15) is 0 Å². The molecule has 2 heterocycles. The number of nitrogens with zero attached hydrogens (tertiary/aromatic N) is 1. The van der Waals surface area contributed by atoms with Gasteiger partial charge in [0.2, 0.25) is 0 Å². The van der Waals surface area contributed by atoms with Crippen molar-refractivity contribution in [2.75, 3.05) is 25.6 Å². The second kappa shape index (κ2) is 5.32. The molecule has 1 aliphatic heterocycles. The minimum Gasteiger partial charge on any atom is -0.397 e. The summed E-state index contributed by atoms with van der Waals surface area (Å²) in [5.74, 6) is -0.357. The maximum atomic E-state index is 12.1. The van der Waals surface area contributed by atoms with Crippen LogP contribution in [0.25, 0.3) is 0 Å². The van der Waals surface area contributed by atoms with Gasteiger partial charge in [0.05, 0.1) is 17.8 Å². The smallest absolute Gasteiger partial charge is 0.272 e. The van der Waals surface area contributed by atoms with E-state index in [-0.39, 0.29) is 18.2 Å². The molecule has 1 aromatic heterocycles. The van der Waals surface area contributed by atoms with Crippen molar-refractivity contribution in [2.24, 2.45) is 0 Å². The molecule has 6 heteroatoms. The number of carbonyl (C=O) groups excluding carboxylic acids is 1. The molecule has 1 amide bonds. The molecule has 2 rings (SSSR count). The minimum absolute atomic E-state index is 0.116. The van der Waals surface area contributed by atoms with E-state index in [2.05, 4.69) is 10.3 Å². The summed E-state index contributed by atoms with van der Waals surface area (Å²) >= 11 is 0. The Morgan fingerprint density at radius 3 is 2.89 bits per heavy atom. The third-order valence-electron chi connectivity index (χ3n) is 3.19. The van der Waals surface area contributed by atoms with Gasteiger partial charge in [-0.15, -0.1) is 0 Å². The molecular weight excluding hydrogens is 234 g/mol. The van der Waals surface area contributed by atoms with Gasteiger partial charge in [0, 0.05) is 19.4 Å². The van der Waals surface area contributed by atoms with E-state index in [9.17, 15) is 9.90 Å². The average molecular weight is 251 g/mol. The van der Waals surface area contributed by atoms with Gasteiger partial charge in [-0.05, 0) is 25.0 Å². The highest BCUT2D eigenvalue weighted by Gasteiger charge is 2.34. The fraction of sp³-hybridized carbons (Fsp3) is 0.500. The standard InChI is InChI=1S/C12H17N3O3/c13-9-2-1-5-14-10(9)11(17)15-12(8-16)3-6-18-7-4-12/h1-2,5,16H,3-4,6-8,13H2,(H,15,17). The van der Waals surface area contributed by atoms with Crippen LogP contribution in [0.1, 0.15) is 23.3 Å². The van der Waals surface area contributed by atoms with E-state index in [0.717, 1.165) is 0 Å². The van der Waals surface area contributed by atoms with Gasteiger partial charge in [-0.3, -0.25) is 4.79 Å². The molecule has 98 valence electrons. The molecule has 1 aromatic rings. The van der Waals surface area contributed by atoms with Crippen LogP contribution in [-0.4, -0.2) is 41.4 Å². The molecule has 1 aliphatic rings. The zero-order chi connectivity index (χ0) is 13.0. The first-order valence-corrected chi connectivity index (χ1v) is 5.88. The van der Waals surface area contributed by atoms with E-state index in [0.29, 0.717) is 31.7 Å². The molecule has 0 saturated carbocycles. The van der Waals surface area contributed by atoms with Crippen molar-refractivity contribution in [1.82, 2.24) is 10.3 Å². The van der Waals surface area contributed by atoms with E-state index in [1.807, 2.05) is 0 Å². The van der Waals surface area contributed by atoms with Crippen molar-refractivity contribution in [3.63, 3.8) is 0 Å². The summed E-state index contributed by atoms with van der Waals surface area (Å²) < 4.78 is 5.23. The number of rotatable bonds is 3. The molecule has 4 N–H and O–H groups in total. The maximum Gasteiger partial charge on any atom is 0.272 e. The number of hydrogen-bond donors (Lipinski definition) is 3. The molecule has 0 bridgehead atoms. The molecule has 0 aromatic carbocycles. The first kappa shape index (κ1) is 12.8. The highest BCUT2D eigenvalue weighted by molar-refractivity contribution is 5.97. The molecule has 18 heavy (non-hydrogen) atoms. The zero-order valence-corrected chi connectivity index (χ0v) is 10.1. The number of hydrogen-bond acceptors (Lipinski definition) is 5. The van der Waals surface area contributed by atoms with Crippen LogP contribution in [0.4, 0.5) is 5.69 Å². The number of ether oxygens (including phenoxy) is 1.